The number of benzene rings is 1. The van der Waals surface area contributed by atoms with E-state index in [0.717, 1.165) is 24.1 Å². The highest BCUT2D eigenvalue weighted by Gasteiger charge is 2.17. The third kappa shape index (κ3) is 2.75. The van der Waals surface area contributed by atoms with Crippen LogP contribution in [-0.4, -0.2) is 17.7 Å². The van der Waals surface area contributed by atoms with Crippen LogP contribution in [0.4, 0.5) is 0 Å². The number of rotatable bonds is 2. The molecule has 94 valence electrons. The van der Waals surface area contributed by atoms with Gasteiger partial charge in [0.25, 0.3) is 0 Å². The molecule has 1 fully saturated rings. The Morgan fingerprint density at radius 3 is 2.82 bits per heavy atom. The molecule has 1 aliphatic rings. The zero-order valence-electron chi connectivity index (χ0n) is 10.5. The largest absolute Gasteiger partial charge is 0.506 e. The molecule has 1 unspecified atom stereocenters. The molecule has 2 rings (SSSR count). The molecule has 0 aliphatic carbocycles. The van der Waals surface area contributed by atoms with E-state index in [1.54, 1.807) is 6.07 Å². The summed E-state index contributed by atoms with van der Waals surface area (Å²) in [4.78, 5) is 0. The molecule has 1 aromatic rings. The quantitative estimate of drug-likeness (QED) is 0.847. The first-order valence-electron chi connectivity index (χ1n) is 6.30. The molecule has 2 N–H and O–H groups in total. The van der Waals surface area contributed by atoms with Crippen LogP contribution in [0.1, 0.15) is 36.0 Å². The lowest BCUT2D eigenvalue weighted by Gasteiger charge is -2.25. The van der Waals surface area contributed by atoms with Crippen LogP contribution in [-0.2, 0) is 6.42 Å². The van der Waals surface area contributed by atoms with Gasteiger partial charge in [-0.1, -0.05) is 18.0 Å². The number of hydrogen-bond donors (Lipinski definition) is 2. The average molecular weight is 254 g/mol. The van der Waals surface area contributed by atoms with Crippen molar-refractivity contribution in [2.24, 2.45) is 0 Å². The van der Waals surface area contributed by atoms with Gasteiger partial charge in [0.1, 0.15) is 5.75 Å². The topological polar surface area (TPSA) is 32.3 Å². The van der Waals surface area contributed by atoms with Crippen molar-refractivity contribution < 1.29 is 5.11 Å². The number of phenolic OH excluding ortho intramolecular Hbond substituents is 1. The van der Waals surface area contributed by atoms with E-state index >= 15 is 0 Å². The Labute approximate surface area is 108 Å². The standard InChI is InChI=1S/C14H20ClNO/c1-9-7-13(17)14(15)10(2)12(9)8-11-5-3-4-6-16-11/h7,11,16-17H,3-6,8H2,1-2H3. The molecule has 2 nitrogen and oxygen atoms in total. The lowest BCUT2D eigenvalue weighted by molar-refractivity contribution is 0.398. The SMILES string of the molecule is Cc1cc(O)c(Cl)c(C)c1CC1CCCCN1. The van der Waals surface area contributed by atoms with Crippen LogP contribution >= 0.6 is 11.6 Å². The van der Waals surface area contributed by atoms with Crippen molar-refractivity contribution in [2.45, 2.75) is 45.6 Å². The van der Waals surface area contributed by atoms with E-state index in [-0.39, 0.29) is 5.75 Å². The summed E-state index contributed by atoms with van der Waals surface area (Å²) in [6, 6.07) is 2.33. The van der Waals surface area contributed by atoms with Crippen molar-refractivity contribution in [3.8, 4) is 5.75 Å². The molecule has 1 heterocycles. The molecule has 1 atom stereocenters. The predicted molar refractivity (Wildman–Crippen MR) is 71.9 cm³/mol. The molecular weight excluding hydrogens is 234 g/mol. The van der Waals surface area contributed by atoms with Crippen LogP contribution in [0.3, 0.4) is 0 Å². The Bertz CT molecular complexity index is 411. The van der Waals surface area contributed by atoms with Crippen LogP contribution in [0.2, 0.25) is 5.02 Å². The minimum Gasteiger partial charge on any atom is -0.506 e. The molecule has 0 amide bonds. The number of hydrogen-bond acceptors (Lipinski definition) is 2. The van der Waals surface area contributed by atoms with Crippen LogP contribution in [0.25, 0.3) is 0 Å². The maximum Gasteiger partial charge on any atom is 0.134 e. The van der Waals surface area contributed by atoms with Gasteiger partial charge in [-0.05, 0) is 62.4 Å². The van der Waals surface area contributed by atoms with Gasteiger partial charge in [0.15, 0.2) is 0 Å². The first-order chi connectivity index (χ1) is 8.09. The zero-order valence-corrected chi connectivity index (χ0v) is 11.3. The number of aromatic hydroxyl groups is 1. The fourth-order valence-electron chi connectivity index (χ4n) is 2.63. The van der Waals surface area contributed by atoms with Gasteiger partial charge in [-0.3, -0.25) is 0 Å². The summed E-state index contributed by atoms with van der Waals surface area (Å²) < 4.78 is 0. The molecule has 0 spiro atoms. The van der Waals surface area contributed by atoms with Gasteiger partial charge in [-0.2, -0.15) is 0 Å². The van der Waals surface area contributed by atoms with E-state index < -0.39 is 0 Å². The summed E-state index contributed by atoms with van der Waals surface area (Å²) in [6.07, 6.45) is 4.83. The van der Waals surface area contributed by atoms with Crippen LogP contribution in [0.5, 0.6) is 5.75 Å². The van der Waals surface area contributed by atoms with E-state index in [1.807, 2.05) is 13.8 Å². The van der Waals surface area contributed by atoms with Crippen LogP contribution in [0, 0.1) is 13.8 Å². The van der Waals surface area contributed by atoms with Gasteiger partial charge < -0.3 is 10.4 Å². The second-order valence-electron chi connectivity index (χ2n) is 4.98. The molecule has 1 saturated heterocycles. The van der Waals surface area contributed by atoms with Crippen LogP contribution in [0.15, 0.2) is 6.07 Å². The highest BCUT2D eigenvalue weighted by atomic mass is 35.5. The van der Waals surface area contributed by atoms with Gasteiger partial charge in [-0.25, -0.2) is 0 Å². The van der Waals surface area contributed by atoms with E-state index in [2.05, 4.69) is 5.32 Å². The van der Waals surface area contributed by atoms with Gasteiger partial charge in [0.2, 0.25) is 0 Å². The fraction of sp³-hybridized carbons (Fsp3) is 0.571. The normalized spacial score (nSPS) is 20.5. The van der Waals surface area contributed by atoms with Crippen molar-refractivity contribution in [1.29, 1.82) is 0 Å². The van der Waals surface area contributed by atoms with Gasteiger partial charge in [-0.15, -0.1) is 0 Å². The maximum atomic E-state index is 9.66. The highest BCUT2D eigenvalue weighted by molar-refractivity contribution is 6.32. The van der Waals surface area contributed by atoms with Gasteiger partial charge >= 0.3 is 0 Å². The van der Waals surface area contributed by atoms with Gasteiger partial charge in [0.05, 0.1) is 5.02 Å². The molecule has 0 bridgehead atoms. The molecule has 0 radical (unpaired) electrons. The highest BCUT2D eigenvalue weighted by Crippen LogP contribution is 2.32. The molecule has 1 aromatic carbocycles. The lowest BCUT2D eigenvalue weighted by atomic mass is 9.92. The third-order valence-corrected chi connectivity index (χ3v) is 4.18. The molecule has 3 heteroatoms. The number of aryl methyl sites for hydroxylation is 1. The second-order valence-corrected chi connectivity index (χ2v) is 5.36. The Morgan fingerprint density at radius 1 is 1.41 bits per heavy atom. The molecule has 0 aromatic heterocycles. The maximum absolute atomic E-state index is 9.66. The monoisotopic (exact) mass is 253 g/mol. The summed E-state index contributed by atoms with van der Waals surface area (Å²) in [6.45, 7) is 5.16. The van der Waals surface area contributed by atoms with E-state index in [0.29, 0.717) is 11.1 Å². The summed E-state index contributed by atoms with van der Waals surface area (Å²) >= 11 is 6.10. The second kappa shape index (κ2) is 5.28. The first-order valence-corrected chi connectivity index (χ1v) is 6.68. The van der Waals surface area contributed by atoms with Crippen molar-refractivity contribution >= 4 is 11.6 Å². The summed E-state index contributed by atoms with van der Waals surface area (Å²) in [5.41, 5.74) is 3.44. The van der Waals surface area contributed by atoms with Crippen LogP contribution < -0.4 is 5.32 Å². The Hall–Kier alpha value is -0.730. The van der Waals surface area contributed by atoms with E-state index in [4.69, 9.17) is 11.6 Å². The number of halogens is 1. The van der Waals surface area contributed by atoms with Crippen molar-refractivity contribution in [2.75, 3.05) is 6.54 Å². The minimum absolute atomic E-state index is 0.196. The lowest BCUT2D eigenvalue weighted by Crippen LogP contribution is -2.35. The summed E-state index contributed by atoms with van der Waals surface area (Å²) in [5, 5.41) is 13.7. The average Bonchev–Trinajstić information content (AvgIpc) is 2.33. The van der Waals surface area contributed by atoms with Crippen molar-refractivity contribution in [1.82, 2.24) is 5.32 Å². The number of piperidine rings is 1. The first kappa shape index (κ1) is 12.7. The molecule has 1 aliphatic heterocycles. The number of phenols is 1. The Balaban J connectivity index is 2.22. The Morgan fingerprint density at radius 2 is 2.18 bits per heavy atom. The minimum atomic E-state index is 0.196. The van der Waals surface area contributed by atoms with E-state index in [1.165, 1.54) is 24.8 Å². The molecule has 0 saturated carbocycles. The van der Waals surface area contributed by atoms with Crippen molar-refractivity contribution in [3.05, 3.63) is 27.8 Å². The van der Waals surface area contributed by atoms with Crippen molar-refractivity contribution in [3.63, 3.8) is 0 Å². The molecule has 17 heavy (non-hydrogen) atoms. The summed E-state index contributed by atoms with van der Waals surface area (Å²) in [5.74, 6) is 0.196. The molecular formula is C14H20ClNO. The zero-order chi connectivity index (χ0) is 12.4. The fourth-order valence-corrected chi connectivity index (χ4v) is 2.80. The summed E-state index contributed by atoms with van der Waals surface area (Å²) in [7, 11) is 0. The van der Waals surface area contributed by atoms with Gasteiger partial charge in [0, 0.05) is 6.04 Å². The van der Waals surface area contributed by atoms with E-state index in [9.17, 15) is 5.11 Å². The smallest absolute Gasteiger partial charge is 0.134 e. The predicted octanol–water partition coefficient (Wildman–Crippen LogP) is 3.35. The third-order valence-electron chi connectivity index (χ3n) is 3.70. The number of nitrogens with one attached hydrogen (secondary N) is 1. The Kier molecular flexibility index (Phi) is 3.95.